The summed E-state index contributed by atoms with van der Waals surface area (Å²) < 4.78 is 0. The molecule has 0 spiro atoms. The minimum atomic E-state index is 0.0308. The number of hydrogen-bond donors (Lipinski definition) is 1. The molecule has 2 bridgehead atoms. The van der Waals surface area contributed by atoms with Crippen LogP contribution in [0.3, 0.4) is 0 Å². The topological polar surface area (TPSA) is 35.6 Å². The molecule has 5 rings (SSSR count). The first-order chi connectivity index (χ1) is 10.5. The van der Waals surface area contributed by atoms with Gasteiger partial charge in [-0.1, -0.05) is 32.0 Å². The summed E-state index contributed by atoms with van der Waals surface area (Å²) in [5.41, 5.74) is 2.38. The van der Waals surface area contributed by atoms with Crippen LogP contribution in [-0.4, -0.2) is 43.2 Å². The van der Waals surface area contributed by atoms with Gasteiger partial charge in [-0.05, 0) is 43.5 Å². The molecule has 1 atom stereocenters. The van der Waals surface area contributed by atoms with Crippen LogP contribution in [0.15, 0.2) is 24.3 Å². The van der Waals surface area contributed by atoms with Crippen molar-refractivity contribution in [2.75, 3.05) is 31.1 Å². The Morgan fingerprint density at radius 3 is 2.64 bits per heavy atom. The Morgan fingerprint density at radius 2 is 1.95 bits per heavy atom. The zero-order valence-electron chi connectivity index (χ0n) is 13.5. The van der Waals surface area contributed by atoms with Crippen LogP contribution in [0.5, 0.6) is 0 Å². The van der Waals surface area contributed by atoms with Crippen molar-refractivity contribution in [3.63, 3.8) is 0 Å². The van der Waals surface area contributed by atoms with Crippen LogP contribution < -0.4 is 10.2 Å². The highest BCUT2D eigenvalue weighted by atomic mass is 16.2. The number of carbonyl (C=O) groups is 1. The van der Waals surface area contributed by atoms with E-state index in [0.717, 1.165) is 18.8 Å². The van der Waals surface area contributed by atoms with Crippen molar-refractivity contribution in [2.45, 2.75) is 38.1 Å². The van der Waals surface area contributed by atoms with Gasteiger partial charge in [0.15, 0.2) is 0 Å². The van der Waals surface area contributed by atoms with Gasteiger partial charge >= 0.3 is 6.03 Å². The van der Waals surface area contributed by atoms with Crippen LogP contribution in [-0.2, 0) is 5.41 Å². The number of anilines is 1. The standard InChI is InChI=1S/C18H25N3O/c1-18(2)12-21(16-6-4-3-5-14(16)18)17(22)19-15-11-20-9-7-13(15)8-10-20/h3-6,13,15H,7-12H2,1-2H3,(H,19,22). The number of para-hydroxylation sites is 1. The third-order valence-corrected chi connectivity index (χ3v) is 5.69. The van der Waals surface area contributed by atoms with Crippen LogP contribution in [0.1, 0.15) is 32.3 Å². The molecule has 2 amide bonds. The summed E-state index contributed by atoms with van der Waals surface area (Å²) in [6.45, 7) is 8.63. The normalized spacial score (nSPS) is 31.9. The number of hydrogen-bond acceptors (Lipinski definition) is 2. The summed E-state index contributed by atoms with van der Waals surface area (Å²) in [5.74, 6) is 0.666. The average molecular weight is 299 g/mol. The zero-order valence-corrected chi connectivity index (χ0v) is 13.5. The molecule has 3 saturated heterocycles. The summed E-state index contributed by atoms with van der Waals surface area (Å²) in [6.07, 6.45) is 2.46. The fourth-order valence-corrected chi connectivity index (χ4v) is 4.39. The van der Waals surface area contributed by atoms with Crippen molar-refractivity contribution in [1.29, 1.82) is 0 Å². The van der Waals surface area contributed by atoms with Crippen molar-refractivity contribution >= 4 is 11.7 Å². The van der Waals surface area contributed by atoms with E-state index in [1.54, 1.807) is 0 Å². The molecule has 0 radical (unpaired) electrons. The lowest BCUT2D eigenvalue weighted by atomic mass is 9.84. The molecule has 4 heterocycles. The Hall–Kier alpha value is -1.55. The monoisotopic (exact) mass is 299 g/mol. The Bertz CT molecular complexity index is 590. The predicted octanol–water partition coefficient (Wildman–Crippen LogP) is 2.59. The second kappa shape index (κ2) is 4.98. The molecular weight excluding hydrogens is 274 g/mol. The molecule has 4 nitrogen and oxygen atoms in total. The fourth-order valence-electron chi connectivity index (χ4n) is 4.39. The maximum Gasteiger partial charge on any atom is 0.322 e. The molecule has 0 saturated carbocycles. The Morgan fingerprint density at radius 1 is 1.23 bits per heavy atom. The molecule has 4 heteroatoms. The predicted molar refractivity (Wildman–Crippen MR) is 88.3 cm³/mol. The molecule has 3 fully saturated rings. The first-order valence-electron chi connectivity index (χ1n) is 8.44. The number of piperidine rings is 3. The third kappa shape index (κ3) is 2.21. The van der Waals surface area contributed by atoms with Gasteiger partial charge in [0, 0.05) is 30.2 Å². The van der Waals surface area contributed by atoms with Gasteiger partial charge in [-0.3, -0.25) is 4.90 Å². The van der Waals surface area contributed by atoms with E-state index in [-0.39, 0.29) is 11.4 Å². The molecular formula is C18H25N3O. The quantitative estimate of drug-likeness (QED) is 0.865. The van der Waals surface area contributed by atoms with Crippen LogP contribution in [0.25, 0.3) is 0 Å². The SMILES string of the molecule is CC1(C)CN(C(=O)NC2CN3CCC2CC3)c2ccccc21. The van der Waals surface area contributed by atoms with Crippen molar-refractivity contribution in [1.82, 2.24) is 10.2 Å². The smallest absolute Gasteiger partial charge is 0.322 e. The number of carbonyl (C=O) groups excluding carboxylic acids is 1. The zero-order chi connectivity index (χ0) is 15.3. The summed E-state index contributed by atoms with van der Waals surface area (Å²) in [5, 5.41) is 3.32. The van der Waals surface area contributed by atoms with Crippen molar-refractivity contribution in [2.24, 2.45) is 5.92 Å². The van der Waals surface area contributed by atoms with E-state index < -0.39 is 0 Å². The molecule has 0 aromatic heterocycles. The molecule has 118 valence electrons. The lowest BCUT2D eigenvalue weighted by Crippen LogP contribution is -2.59. The van der Waals surface area contributed by atoms with Gasteiger partial charge in [-0.25, -0.2) is 4.79 Å². The van der Waals surface area contributed by atoms with Crippen LogP contribution in [0.4, 0.5) is 10.5 Å². The molecule has 4 aliphatic rings. The Labute approximate surface area is 132 Å². The van der Waals surface area contributed by atoms with Crippen LogP contribution in [0, 0.1) is 5.92 Å². The number of nitrogens with zero attached hydrogens (tertiary/aromatic N) is 2. The van der Waals surface area contributed by atoms with E-state index in [1.165, 1.54) is 31.5 Å². The van der Waals surface area contributed by atoms with Gasteiger partial charge in [0.2, 0.25) is 0 Å². The number of amides is 2. The molecule has 22 heavy (non-hydrogen) atoms. The van der Waals surface area contributed by atoms with E-state index in [0.29, 0.717) is 12.0 Å². The van der Waals surface area contributed by atoms with Crippen LogP contribution >= 0.6 is 0 Å². The van der Waals surface area contributed by atoms with Gasteiger partial charge in [-0.15, -0.1) is 0 Å². The Kier molecular flexibility index (Phi) is 3.19. The van der Waals surface area contributed by atoms with Gasteiger partial charge in [0.25, 0.3) is 0 Å². The number of nitrogens with one attached hydrogen (secondary N) is 1. The van der Waals surface area contributed by atoms with E-state index in [9.17, 15) is 4.79 Å². The van der Waals surface area contributed by atoms with Gasteiger partial charge in [0.05, 0.1) is 0 Å². The maximum absolute atomic E-state index is 12.8. The highest BCUT2D eigenvalue weighted by Crippen LogP contribution is 2.40. The van der Waals surface area contributed by atoms with E-state index in [4.69, 9.17) is 0 Å². The summed E-state index contributed by atoms with van der Waals surface area (Å²) in [4.78, 5) is 17.3. The second-order valence-electron chi connectivity index (χ2n) is 7.68. The molecule has 1 N–H and O–H groups in total. The van der Waals surface area contributed by atoms with E-state index in [1.807, 2.05) is 11.0 Å². The van der Waals surface area contributed by atoms with Crippen molar-refractivity contribution in [3.8, 4) is 0 Å². The second-order valence-corrected chi connectivity index (χ2v) is 7.68. The number of rotatable bonds is 1. The Balaban J connectivity index is 1.52. The molecule has 1 unspecified atom stereocenters. The summed E-state index contributed by atoms with van der Waals surface area (Å²) >= 11 is 0. The van der Waals surface area contributed by atoms with Gasteiger partial charge < -0.3 is 10.2 Å². The fraction of sp³-hybridized carbons (Fsp3) is 0.611. The van der Waals surface area contributed by atoms with E-state index in [2.05, 4.69) is 42.3 Å². The van der Waals surface area contributed by atoms with Gasteiger partial charge in [-0.2, -0.15) is 0 Å². The molecule has 1 aromatic rings. The lowest BCUT2D eigenvalue weighted by molar-refractivity contribution is 0.0771. The molecule has 1 aromatic carbocycles. The number of fused-ring (bicyclic) bond motifs is 4. The lowest BCUT2D eigenvalue weighted by Gasteiger charge is -2.45. The minimum Gasteiger partial charge on any atom is -0.333 e. The summed E-state index contributed by atoms with van der Waals surface area (Å²) in [7, 11) is 0. The van der Waals surface area contributed by atoms with E-state index >= 15 is 0 Å². The molecule has 0 aliphatic carbocycles. The van der Waals surface area contributed by atoms with Crippen LogP contribution in [0.2, 0.25) is 0 Å². The third-order valence-electron chi connectivity index (χ3n) is 5.69. The first kappa shape index (κ1) is 14.1. The van der Waals surface area contributed by atoms with Gasteiger partial charge in [0.1, 0.15) is 0 Å². The maximum atomic E-state index is 12.8. The average Bonchev–Trinajstić information content (AvgIpc) is 2.81. The van der Waals surface area contributed by atoms with Crippen molar-refractivity contribution in [3.05, 3.63) is 29.8 Å². The van der Waals surface area contributed by atoms with Crippen molar-refractivity contribution < 1.29 is 4.79 Å². The highest BCUT2D eigenvalue weighted by molar-refractivity contribution is 5.95. The largest absolute Gasteiger partial charge is 0.333 e. The number of benzene rings is 1. The highest BCUT2D eigenvalue weighted by Gasteiger charge is 2.40. The first-order valence-corrected chi connectivity index (χ1v) is 8.44. The number of urea groups is 1. The molecule has 4 aliphatic heterocycles. The summed E-state index contributed by atoms with van der Waals surface area (Å²) in [6, 6.07) is 8.71. The minimum absolute atomic E-state index is 0.0308.